The number of rotatable bonds is 9. The number of aliphatic carboxylic acids is 1. The highest BCUT2D eigenvalue weighted by Gasteiger charge is 2.25. The summed E-state index contributed by atoms with van der Waals surface area (Å²) in [5.41, 5.74) is 0.700. The minimum Gasteiger partial charge on any atom is -0.494 e. The normalized spacial score (nSPS) is 13.0. The summed E-state index contributed by atoms with van der Waals surface area (Å²) in [4.78, 5) is 11.0. The first kappa shape index (κ1) is 17.5. The van der Waals surface area contributed by atoms with Gasteiger partial charge in [-0.25, -0.2) is 0 Å². The van der Waals surface area contributed by atoms with E-state index in [0.29, 0.717) is 18.9 Å². The predicted molar refractivity (Wildman–Crippen MR) is 85.9 cm³/mol. The second-order valence-electron chi connectivity index (χ2n) is 6.37. The Bertz CT molecular complexity index is 434. The van der Waals surface area contributed by atoms with Gasteiger partial charge in [0.1, 0.15) is 5.75 Å². The highest BCUT2D eigenvalue weighted by atomic mass is 16.5. The van der Waals surface area contributed by atoms with Gasteiger partial charge in [0, 0.05) is 0 Å². The Morgan fingerprint density at radius 3 is 2.38 bits per heavy atom. The van der Waals surface area contributed by atoms with Crippen molar-refractivity contribution in [1.82, 2.24) is 0 Å². The zero-order chi connectivity index (χ0) is 15.9. The van der Waals surface area contributed by atoms with Crippen LogP contribution in [0, 0.1) is 5.41 Å². The molecule has 0 radical (unpaired) electrons. The van der Waals surface area contributed by atoms with Crippen molar-refractivity contribution >= 4 is 5.97 Å². The van der Waals surface area contributed by atoms with Crippen molar-refractivity contribution in [2.75, 3.05) is 6.61 Å². The molecule has 1 atom stereocenters. The molecule has 21 heavy (non-hydrogen) atoms. The average molecular weight is 292 g/mol. The van der Waals surface area contributed by atoms with Gasteiger partial charge in [-0.1, -0.05) is 26.0 Å². The number of carbonyl (C=O) groups is 1. The van der Waals surface area contributed by atoms with E-state index in [1.165, 1.54) is 5.56 Å². The highest BCUT2D eigenvalue weighted by molar-refractivity contribution is 5.73. The molecule has 1 rings (SSSR count). The number of carboxylic acid groups (broad SMARTS) is 1. The van der Waals surface area contributed by atoms with E-state index in [0.717, 1.165) is 25.0 Å². The van der Waals surface area contributed by atoms with Gasteiger partial charge in [0.05, 0.1) is 12.0 Å². The van der Waals surface area contributed by atoms with Gasteiger partial charge in [-0.05, 0) is 63.1 Å². The van der Waals surface area contributed by atoms with Crippen LogP contribution in [-0.4, -0.2) is 17.7 Å². The number of unbranched alkanes of at least 4 members (excludes halogenated alkanes) is 1. The number of ether oxygens (including phenoxy) is 1. The molecule has 0 aliphatic carbocycles. The Balaban J connectivity index is 2.29. The molecule has 0 saturated heterocycles. The summed E-state index contributed by atoms with van der Waals surface area (Å²) in [7, 11) is 0. The van der Waals surface area contributed by atoms with Crippen LogP contribution >= 0.6 is 0 Å². The Labute approximate surface area is 128 Å². The fourth-order valence-corrected chi connectivity index (χ4v) is 2.09. The van der Waals surface area contributed by atoms with Crippen molar-refractivity contribution < 1.29 is 14.6 Å². The minimum absolute atomic E-state index is 0.581. The van der Waals surface area contributed by atoms with Crippen molar-refractivity contribution in [1.29, 1.82) is 0 Å². The van der Waals surface area contributed by atoms with Gasteiger partial charge in [-0.15, -0.1) is 0 Å². The molecule has 3 heteroatoms. The quantitative estimate of drug-likeness (QED) is 0.661. The summed E-state index contributed by atoms with van der Waals surface area (Å²) >= 11 is 0. The van der Waals surface area contributed by atoms with Crippen LogP contribution in [0.2, 0.25) is 0 Å². The lowest BCUT2D eigenvalue weighted by Crippen LogP contribution is -2.23. The summed E-state index contributed by atoms with van der Waals surface area (Å²) < 4.78 is 5.70. The van der Waals surface area contributed by atoms with Crippen LogP contribution in [0.1, 0.15) is 64.9 Å². The number of hydrogen-bond acceptors (Lipinski definition) is 2. The van der Waals surface area contributed by atoms with Crippen LogP contribution in [0.4, 0.5) is 0 Å². The molecule has 0 heterocycles. The topological polar surface area (TPSA) is 46.5 Å². The third kappa shape index (κ3) is 5.78. The molecular formula is C18H28O3. The van der Waals surface area contributed by atoms with E-state index >= 15 is 0 Å². The lowest BCUT2D eigenvalue weighted by Gasteiger charge is -2.18. The first-order chi connectivity index (χ1) is 9.86. The van der Waals surface area contributed by atoms with Gasteiger partial charge in [0.2, 0.25) is 0 Å². The average Bonchev–Trinajstić information content (AvgIpc) is 2.46. The van der Waals surface area contributed by atoms with Crippen LogP contribution < -0.4 is 4.74 Å². The molecule has 118 valence electrons. The van der Waals surface area contributed by atoms with E-state index in [9.17, 15) is 4.79 Å². The first-order valence-corrected chi connectivity index (χ1v) is 7.83. The number of hydrogen-bond donors (Lipinski definition) is 1. The fraction of sp³-hybridized carbons (Fsp3) is 0.611. The molecule has 0 bridgehead atoms. The van der Waals surface area contributed by atoms with Crippen molar-refractivity contribution in [3.05, 3.63) is 29.8 Å². The predicted octanol–water partition coefficient (Wildman–Crippen LogP) is 4.86. The van der Waals surface area contributed by atoms with Crippen LogP contribution in [0.25, 0.3) is 0 Å². The molecule has 1 N–H and O–H groups in total. The molecule has 1 aromatic rings. The first-order valence-electron chi connectivity index (χ1n) is 7.83. The zero-order valence-corrected chi connectivity index (χ0v) is 13.7. The van der Waals surface area contributed by atoms with Gasteiger partial charge in [-0.2, -0.15) is 0 Å². The molecule has 1 aromatic carbocycles. The third-order valence-corrected chi connectivity index (χ3v) is 4.11. The van der Waals surface area contributed by atoms with E-state index in [2.05, 4.69) is 26.0 Å². The maximum absolute atomic E-state index is 11.0. The van der Waals surface area contributed by atoms with Crippen LogP contribution in [0.5, 0.6) is 5.75 Å². The Hall–Kier alpha value is -1.51. The maximum atomic E-state index is 11.0. The van der Waals surface area contributed by atoms with Crippen LogP contribution in [0.15, 0.2) is 24.3 Å². The van der Waals surface area contributed by atoms with Crippen molar-refractivity contribution in [2.24, 2.45) is 5.41 Å². The van der Waals surface area contributed by atoms with Crippen LogP contribution in [0.3, 0.4) is 0 Å². The van der Waals surface area contributed by atoms with Crippen molar-refractivity contribution in [2.45, 2.75) is 59.3 Å². The summed E-state index contributed by atoms with van der Waals surface area (Å²) in [5.74, 6) is 0.737. The van der Waals surface area contributed by atoms with Gasteiger partial charge in [-0.3, -0.25) is 4.79 Å². The van der Waals surface area contributed by atoms with E-state index in [1.54, 1.807) is 13.8 Å². The molecular weight excluding hydrogens is 264 g/mol. The molecule has 0 aromatic heterocycles. The monoisotopic (exact) mass is 292 g/mol. The van der Waals surface area contributed by atoms with E-state index < -0.39 is 11.4 Å². The smallest absolute Gasteiger partial charge is 0.309 e. The molecule has 0 amide bonds. The fourth-order valence-electron chi connectivity index (χ4n) is 2.09. The Kier molecular flexibility index (Phi) is 6.73. The SMILES string of the molecule is CCC(C)c1ccc(OCCCCC(C)(C)C(=O)O)cc1. The second kappa shape index (κ2) is 8.06. The number of carboxylic acids is 1. The largest absolute Gasteiger partial charge is 0.494 e. The highest BCUT2D eigenvalue weighted by Crippen LogP contribution is 2.24. The van der Waals surface area contributed by atoms with Gasteiger partial charge >= 0.3 is 5.97 Å². The molecule has 0 fully saturated rings. The summed E-state index contributed by atoms with van der Waals surface area (Å²) in [6.07, 6.45) is 3.56. The van der Waals surface area contributed by atoms with Gasteiger partial charge < -0.3 is 9.84 Å². The van der Waals surface area contributed by atoms with Gasteiger partial charge in [0.15, 0.2) is 0 Å². The molecule has 0 aliphatic heterocycles. The molecule has 0 spiro atoms. The summed E-state index contributed by atoms with van der Waals surface area (Å²) in [5, 5.41) is 9.04. The summed E-state index contributed by atoms with van der Waals surface area (Å²) in [6.45, 7) is 8.58. The van der Waals surface area contributed by atoms with E-state index in [-0.39, 0.29) is 0 Å². The molecule has 3 nitrogen and oxygen atoms in total. The Morgan fingerprint density at radius 2 is 1.86 bits per heavy atom. The Morgan fingerprint density at radius 1 is 1.24 bits per heavy atom. The third-order valence-electron chi connectivity index (χ3n) is 4.11. The molecule has 0 saturated carbocycles. The zero-order valence-electron chi connectivity index (χ0n) is 13.7. The van der Waals surface area contributed by atoms with Gasteiger partial charge in [0.25, 0.3) is 0 Å². The maximum Gasteiger partial charge on any atom is 0.309 e. The standard InChI is InChI=1S/C18H28O3/c1-5-14(2)15-8-10-16(11-9-15)21-13-7-6-12-18(3,4)17(19)20/h8-11,14H,5-7,12-13H2,1-4H3,(H,19,20). The van der Waals surface area contributed by atoms with Crippen molar-refractivity contribution in [3.63, 3.8) is 0 Å². The number of benzene rings is 1. The molecule has 1 unspecified atom stereocenters. The summed E-state index contributed by atoms with van der Waals surface area (Å²) in [6, 6.07) is 8.28. The van der Waals surface area contributed by atoms with Crippen molar-refractivity contribution in [3.8, 4) is 5.75 Å². The van der Waals surface area contributed by atoms with E-state index in [1.807, 2.05) is 12.1 Å². The van der Waals surface area contributed by atoms with Crippen LogP contribution in [-0.2, 0) is 4.79 Å². The lowest BCUT2D eigenvalue weighted by molar-refractivity contribution is -0.147. The second-order valence-corrected chi connectivity index (χ2v) is 6.37. The van der Waals surface area contributed by atoms with E-state index in [4.69, 9.17) is 9.84 Å². The molecule has 0 aliphatic rings. The lowest BCUT2D eigenvalue weighted by atomic mass is 9.87. The minimum atomic E-state index is -0.732.